The fourth-order valence-electron chi connectivity index (χ4n) is 3.04. The zero-order valence-corrected chi connectivity index (χ0v) is 14.3. The third-order valence-electron chi connectivity index (χ3n) is 4.52. The van der Waals surface area contributed by atoms with Crippen LogP contribution < -0.4 is 10.6 Å². The maximum atomic E-state index is 13.0. The van der Waals surface area contributed by atoms with Gasteiger partial charge in [-0.2, -0.15) is 5.10 Å². The van der Waals surface area contributed by atoms with Gasteiger partial charge < -0.3 is 15.5 Å². The molecule has 2 heterocycles. The minimum atomic E-state index is -0.246. The highest BCUT2D eigenvalue weighted by molar-refractivity contribution is 5.77. The molecule has 0 saturated carbocycles. The summed E-state index contributed by atoms with van der Waals surface area (Å²) in [6.45, 7) is 8.36. The van der Waals surface area contributed by atoms with Gasteiger partial charge in [-0.05, 0) is 37.3 Å². The molecule has 0 bridgehead atoms. The Hall–Kier alpha value is -2.83. The Morgan fingerprint density at radius 2 is 1.92 bits per heavy atom. The molecular weight excluding hydrogens is 321 g/mol. The zero-order chi connectivity index (χ0) is 18.0. The normalized spacial score (nSPS) is 14.6. The summed E-state index contributed by atoms with van der Waals surface area (Å²) in [7, 11) is 0. The first-order valence-electron chi connectivity index (χ1n) is 8.23. The molecule has 6 nitrogen and oxygen atoms in total. The summed E-state index contributed by atoms with van der Waals surface area (Å²) in [5, 5.41) is 4.31. The lowest BCUT2D eigenvalue weighted by atomic mass is 10.2. The largest absolute Gasteiger partial charge is 0.395 e. The molecular formula is C18H22FN5O. The highest BCUT2D eigenvalue weighted by Crippen LogP contribution is 2.19. The second kappa shape index (κ2) is 6.96. The van der Waals surface area contributed by atoms with Crippen LogP contribution in [0.5, 0.6) is 0 Å². The van der Waals surface area contributed by atoms with Crippen LogP contribution >= 0.6 is 0 Å². The van der Waals surface area contributed by atoms with Gasteiger partial charge in [-0.3, -0.25) is 9.48 Å². The van der Waals surface area contributed by atoms with E-state index < -0.39 is 0 Å². The number of nitrogens with two attached hydrogens (primary N) is 1. The number of carbonyl (C=O) groups is 1. The highest BCUT2D eigenvalue weighted by Gasteiger charge is 2.23. The van der Waals surface area contributed by atoms with E-state index in [4.69, 9.17) is 5.73 Å². The summed E-state index contributed by atoms with van der Waals surface area (Å²) in [5.41, 5.74) is 8.85. The monoisotopic (exact) mass is 343 g/mol. The Morgan fingerprint density at radius 1 is 1.28 bits per heavy atom. The van der Waals surface area contributed by atoms with Crippen molar-refractivity contribution in [3.05, 3.63) is 48.0 Å². The molecule has 3 rings (SSSR count). The van der Waals surface area contributed by atoms with Crippen molar-refractivity contribution < 1.29 is 9.18 Å². The van der Waals surface area contributed by atoms with Crippen LogP contribution in [-0.2, 0) is 11.3 Å². The molecule has 0 spiro atoms. The van der Waals surface area contributed by atoms with Crippen molar-refractivity contribution in [2.75, 3.05) is 36.8 Å². The van der Waals surface area contributed by atoms with E-state index in [9.17, 15) is 9.18 Å². The van der Waals surface area contributed by atoms with E-state index in [-0.39, 0.29) is 18.3 Å². The fourth-order valence-corrected chi connectivity index (χ4v) is 3.04. The second-order valence-corrected chi connectivity index (χ2v) is 6.09. The number of rotatable bonds is 4. The molecule has 1 aliphatic rings. The highest BCUT2D eigenvalue weighted by atomic mass is 19.1. The molecule has 0 unspecified atom stereocenters. The maximum Gasteiger partial charge on any atom is 0.244 e. The van der Waals surface area contributed by atoms with E-state index >= 15 is 0 Å². The van der Waals surface area contributed by atoms with Gasteiger partial charge in [-0.25, -0.2) is 4.39 Å². The number of amides is 1. The summed E-state index contributed by atoms with van der Waals surface area (Å²) < 4.78 is 14.6. The summed E-state index contributed by atoms with van der Waals surface area (Å²) in [5.74, 6) is -0.242. The maximum absolute atomic E-state index is 13.0. The van der Waals surface area contributed by atoms with Crippen LogP contribution in [0, 0.1) is 12.7 Å². The van der Waals surface area contributed by atoms with Gasteiger partial charge in [0.1, 0.15) is 12.4 Å². The first-order chi connectivity index (χ1) is 12.0. The van der Waals surface area contributed by atoms with E-state index in [0.29, 0.717) is 43.3 Å². The van der Waals surface area contributed by atoms with Gasteiger partial charge in [0.05, 0.1) is 17.1 Å². The molecule has 2 aromatic rings. The standard InChI is InChI=1S/C18H22FN5O/c1-3-16-18(20)13(2)21-24(16)12-17(25)23-10-8-22(9-11-23)15-6-4-14(19)5-7-15/h3-7H,1,8-12,20H2,2H3. The van der Waals surface area contributed by atoms with E-state index in [2.05, 4.69) is 16.6 Å². The van der Waals surface area contributed by atoms with Gasteiger partial charge >= 0.3 is 0 Å². The number of aryl methyl sites for hydroxylation is 1. The SMILES string of the molecule is C=Cc1c(N)c(C)nn1CC(=O)N1CCN(c2ccc(F)cc2)CC1. The van der Waals surface area contributed by atoms with Crippen molar-refractivity contribution in [1.82, 2.24) is 14.7 Å². The van der Waals surface area contributed by atoms with E-state index in [0.717, 1.165) is 5.69 Å². The van der Waals surface area contributed by atoms with Crippen LogP contribution in [0.15, 0.2) is 30.8 Å². The van der Waals surface area contributed by atoms with E-state index in [1.54, 1.807) is 22.9 Å². The van der Waals surface area contributed by atoms with Crippen LogP contribution in [-0.4, -0.2) is 46.8 Å². The fraction of sp³-hybridized carbons (Fsp3) is 0.333. The number of nitrogen functional groups attached to an aromatic ring is 1. The van der Waals surface area contributed by atoms with Gasteiger partial charge in [0.15, 0.2) is 0 Å². The zero-order valence-electron chi connectivity index (χ0n) is 14.3. The predicted molar refractivity (Wildman–Crippen MR) is 96.7 cm³/mol. The average Bonchev–Trinajstić information content (AvgIpc) is 2.89. The molecule has 132 valence electrons. The Kier molecular flexibility index (Phi) is 4.74. The van der Waals surface area contributed by atoms with Crippen molar-refractivity contribution in [2.45, 2.75) is 13.5 Å². The molecule has 25 heavy (non-hydrogen) atoms. The van der Waals surface area contributed by atoms with Gasteiger partial charge in [0.2, 0.25) is 5.91 Å². The van der Waals surface area contributed by atoms with Gasteiger partial charge in [-0.15, -0.1) is 0 Å². The van der Waals surface area contributed by atoms with Crippen LogP contribution in [0.2, 0.25) is 0 Å². The number of benzene rings is 1. The molecule has 1 aliphatic heterocycles. The molecule has 1 aromatic heterocycles. The number of carbonyl (C=O) groups excluding carboxylic acids is 1. The Labute approximate surface area is 146 Å². The quantitative estimate of drug-likeness (QED) is 0.921. The minimum Gasteiger partial charge on any atom is -0.395 e. The Bertz CT molecular complexity index is 776. The summed E-state index contributed by atoms with van der Waals surface area (Å²) >= 11 is 0. The number of anilines is 2. The lowest BCUT2D eigenvalue weighted by Gasteiger charge is -2.36. The number of nitrogens with zero attached hydrogens (tertiary/aromatic N) is 4. The van der Waals surface area contributed by atoms with Crippen molar-refractivity contribution in [3.63, 3.8) is 0 Å². The van der Waals surface area contributed by atoms with Crippen LogP contribution in [0.3, 0.4) is 0 Å². The number of hydrogen-bond donors (Lipinski definition) is 1. The molecule has 2 N–H and O–H groups in total. The molecule has 1 fully saturated rings. The number of halogens is 1. The first kappa shape index (κ1) is 17.0. The van der Waals surface area contributed by atoms with Gasteiger partial charge in [0, 0.05) is 31.9 Å². The Morgan fingerprint density at radius 3 is 2.52 bits per heavy atom. The van der Waals surface area contributed by atoms with Gasteiger partial charge in [-0.1, -0.05) is 6.58 Å². The van der Waals surface area contributed by atoms with E-state index in [1.807, 2.05) is 11.8 Å². The van der Waals surface area contributed by atoms with Crippen LogP contribution in [0.1, 0.15) is 11.4 Å². The second-order valence-electron chi connectivity index (χ2n) is 6.09. The molecule has 1 aromatic carbocycles. The topological polar surface area (TPSA) is 67.4 Å². The number of aromatic nitrogens is 2. The van der Waals surface area contributed by atoms with Crippen molar-refractivity contribution >= 4 is 23.4 Å². The lowest BCUT2D eigenvalue weighted by molar-refractivity contribution is -0.132. The Balaban J connectivity index is 1.61. The first-order valence-corrected chi connectivity index (χ1v) is 8.23. The molecule has 1 amide bonds. The van der Waals surface area contributed by atoms with Crippen molar-refractivity contribution in [2.24, 2.45) is 0 Å². The summed E-state index contributed by atoms with van der Waals surface area (Å²) in [6.07, 6.45) is 1.62. The van der Waals surface area contributed by atoms with Gasteiger partial charge in [0.25, 0.3) is 0 Å². The third kappa shape index (κ3) is 3.50. The molecule has 7 heteroatoms. The van der Waals surface area contributed by atoms with Crippen LogP contribution in [0.4, 0.5) is 15.8 Å². The number of piperazine rings is 1. The van der Waals surface area contributed by atoms with E-state index in [1.165, 1.54) is 12.1 Å². The minimum absolute atomic E-state index is 0.00403. The molecule has 0 radical (unpaired) electrons. The predicted octanol–water partition coefficient (Wildman–Crippen LogP) is 1.90. The summed E-state index contributed by atoms with van der Waals surface area (Å²) in [6, 6.07) is 6.43. The van der Waals surface area contributed by atoms with Crippen molar-refractivity contribution in [3.8, 4) is 0 Å². The van der Waals surface area contributed by atoms with Crippen molar-refractivity contribution in [1.29, 1.82) is 0 Å². The average molecular weight is 343 g/mol. The van der Waals surface area contributed by atoms with Crippen LogP contribution in [0.25, 0.3) is 6.08 Å². The molecule has 0 atom stereocenters. The lowest BCUT2D eigenvalue weighted by Crippen LogP contribution is -2.49. The third-order valence-corrected chi connectivity index (χ3v) is 4.52. The summed E-state index contributed by atoms with van der Waals surface area (Å²) in [4.78, 5) is 16.5. The molecule has 1 saturated heterocycles. The number of hydrogen-bond acceptors (Lipinski definition) is 4. The smallest absolute Gasteiger partial charge is 0.244 e. The molecule has 0 aliphatic carbocycles.